The molecule has 0 atom stereocenters. The van der Waals surface area contributed by atoms with Gasteiger partial charge in [0.15, 0.2) is 0 Å². The monoisotopic (exact) mass is 394 g/mol. The van der Waals surface area contributed by atoms with Crippen LogP contribution in [0.1, 0.15) is 51.5 Å². The van der Waals surface area contributed by atoms with Gasteiger partial charge in [0, 0.05) is 36.3 Å². The normalized spacial score (nSPS) is 14.3. The Morgan fingerprint density at radius 3 is 2.35 bits per heavy atom. The molecule has 0 spiro atoms. The minimum absolute atomic E-state index is 0. The first-order chi connectivity index (χ1) is 12.2. The number of benzene rings is 1. The van der Waals surface area contributed by atoms with E-state index in [9.17, 15) is 9.59 Å². The van der Waals surface area contributed by atoms with Crippen LogP contribution in [0.3, 0.4) is 0 Å². The van der Waals surface area contributed by atoms with Crippen molar-refractivity contribution in [1.29, 1.82) is 0 Å². The van der Waals surface area contributed by atoms with E-state index >= 15 is 0 Å². The Morgan fingerprint density at radius 1 is 1.12 bits per heavy atom. The van der Waals surface area contributed by atoms with E-state index in [2.05, 4.69) is 10.3 Å². The van der Waals surface area contributed by atoms with Crippen molar-refractivity contribution in [1.82, 2.24) is 9.88 Å². The molecule has 0 aliphatic carbocycles. The molecule has 2 amide bonds. The third-order valence-corrected chi connectivity index (χ3v) is 5.11. The summed E-state index contributed by atoms with van der Waals surface area (Å²) in [6.45, 7) is 1.97. The molecule has 3 rings (SSSR count). The average molecular weight is 395 g/mol. The fraction of sp³-hybridized carbons (Fsp3) is 0.389. The summed E-state index contributed by atoms with van der Waals surface area (Å²) in [6.07, 6.45) is 4.52. The third-order valence-electron chi connectivity index (χ3n) is 4.24. The Balaban J connectivity index is 0.00000243. The molecular weight excluding hydrogens is 372 g/mol. The third kappa shape index (κ3) is 5.03. The number of nitrogens with zero attached hydrogens (tertiary/aromatic N) is 2. The van der Waals surface area contributed by atoms with Crippen molar-refractivity contribution in [2.24, 2.45) is 5.73 Å². The van der Waals surface area contributed by atoms with Crippen molar-refractivity contribution in [3.05, 3.63) is 45.9 Å². The highest BCUT2D eigenvalue weighted by Crippen LogP contribution is 2.17. The van der Waals surface area contributed by atoms with E-state index in [1.165, 1.54) is 24.2 Å². The summed E-state index contributed by atoms with van der Waals surface area (Å²) in [6, 6.07) is 7.02. The molecular formula is C18H23ClN4O2S. The van der Waals surface area contributed by atoms with Gasteiger partial charge in [0.1, 0.15) is 10.7 Å². The second-order valence-corrected chi connectivity index (χ2v) is 7.01. The Labute approximate surface area is 163 Å². The molecule has 1 fully saturated rings. The lowest BCUT2D eigenvalue weighted by Crippen LogP contribution is -2.31. The van der Waals surface area contributed by atoms with Crippen LogP contribution >= 0.6 is 23.7 Å². The molecule has 1 saturated heterocycles. The van der Waals surface area contributed by atoms with Crippen LogP contribution in [0.4, 0.5) is 5.69 Å². The summed E-state index contributed by atoms with van der Waals surface area (Å²) in [5.74, 6) is -0.214. The van der Waals surface area contributed by atoms with Gasteiger partial charge in [-0.3, -0.25) is 9.59 Å². The number of carbonyl (C=O) groups excluding carboxylic acids is 2. The Hall–Kier alpha value is -1.96. The molecule has 0 bridgehead atoms. The predicted octanol–water partition coefficient (Wildman–Crippen LogP) is 3.29. The van der Waals surface area contributed by atoms with E-state index in [1.54, 1.807) is 29.6 Å². The van der Waals surface area contributed by atoms with Crippen LogP contribution in [0.5, 0.6) is 0 Å². The smallest absolute Gasteiger partial charge is 0.275 e. The molecule has 1 aliphatic heterocycles. The molecule has 1 aromatic heterocycles. The summed E-state index contributed by atoms with van der Waals surface area (Å²) in [7, 11) is 0. The Kier molecular flexibility index (Phi) is 7.56. The lowest BCUT2D eigenvalue weighted by Gasteiger charge is -2.20. The molecule has 6 nitrogen and oxygen atoms in total. The van der Waals surface area contributed by atoms with Crippen LogP contribution in [0.15, 0.2) is 29.6 Å². The van der Waals surface area contributed by atoms with Gasteiger partial charge >= 0.3 is 0 Å². The van der Waals surface area contributed by atoms with Crippen LogP contribution in [-0.4, -0.2) is 34.8 Å². The van der Waals surface area contributed by atoms with Crippen LogP contribution in [0.2, 0.25) is 0 Å². The molecule has 2 aromatic rings. The minimum atomic E-state index is -0.275. The minimum Gasteiger partial charge on any atom is -0.339 e. The van der Waals surface area contributed by atoms with E-state index < -0.39 is 0 Å². The zero-order chi connectivity index (χ0) is 17.6. The fourth-order valence-electron chi connectivity index (χ4n) is 2.86. The molecule has 0 radical (unpaired) electrons. The number of aromatic nitrogens is 1. The highest BCUT2D eigenvalue weighted by molar-refractivity contribution is 7.09. The van der Waals surface area contributed by atoms with Crippen molar-refractivity contribution in [2.75, 3.05) is 18.4 Å². The quantitative estimate of drug-likeness (QED) is 0.832. The molecule has 26 heavy (non-hydrogen) atoms. The Bertz CT molecular complexity index is 740. The SMILES string of the molecule is Cl.NCc1nc(C(=O)Nc2ccc(C(=O)N3CCCCCC3)cc2)cs1. The standard InChI is InChI=1S/C18H22N4O2S.ClH/c19-11-16-21-15(12-25-16)17(23)20-14-7-5-13(6-8-14)18(24)22-9-3-1-2-4-10-22;/h5-8,12H,1-4,9-11,19H2,(H,20,23);1H. The molecule has 0 saturated carbocycles. The maximum absolute atomic E-state index is 12.6. The van der Waals surface area contributed by atoms with Gasteiger partial charge in [0.25, 0.3) is 11.8 Å². The maximum Gasteiger partial charge on any atom is 0.275 e. The van der Waals surface area contributed by atoms with Crippen molar-refractivity contribution in [2.45, 2.75) is 32.2 Å². The summed E-state index contributed by atoms with van der Waals surface area (Å²) >= 11 is 1.37. The summed E-state index contributed by atoms with van der Waals surface area (Å²) < 4.78 is 0. The zero-order valence-corrected chi connectivity index (χ0v) is 16.1. The van der Waals surface area contributed by atoms with Crippen LogP contribution in [0.25, 0.3) is 0 Å². The fourth-order valence-corrected chi connectivity index (χ4v) is 3.51. The number of carbonyl (C=O) groups is 2. The van der Waals surface area contributed by atoms with Crippen LogP contribution < -0.4 is 11.1 Å². The van der Waals surface area contributed by atoms with Gasteiger partial charge in [0.2, 0.25) is 0 Å². The topological polar surface area (TPSA) is 88.3 Å². The van der Waals surface area contributed by atoms with Crippen LogP contribution in [0, 0.1) is 0 Å². The number of likely N-dealkylation sites (tertiary alicyclic amines) is 1. The van der Waals surface area contributed by atoms with Gasteiger partial charge in [-0.1, -0.05) is 12.8 Å². The summed E-state index contributed by atoms with van der Waals surface area (Å²) in [5.41, 5.74) is 7.16. The number of halogens is 1. The van der Waals surface area contributed by atoms with Crippen molar-refractivity contribution in [3.63, 3.8) is 0 Å². The maximum atomic E-state index is 12.6. The van der Waals surface area contributed by atoms with Crippen molar-refractivity contribution >= 4 is 41.2 Å². The molecule has 1 aromatic carbocycles. The number of amides is 2. The van der Waals surface area contributed by atoms with E-state index in [1.807, 2.05) is 4.90 Å². The molecule has 0 unspecified atom stereocenters. The lowest BCUT2D eigenvalue weighted by molar-refractivity contribution is 0.0761. The second kappa shape index (κ2) is 9.66. The van der Waals surface area contributed by atoms with Gasteiger partial charge in [-0.2, -0.15) is 0 Å². The average Bonchev–Trinajstić information content (AvgIpc) is 2.96. The highest BCUT2D eigenvalue weighted by atomic mass is 35.5. The van der Waals surface area contributed by atoms with Gasteiger partial charge in [-0.15, -0.1) is 23.7 Å². The number of nitrogens with two attached hydrogens (primary N) is 1. The van der Waals surface area contributed by atoms with E-state index in [0.29, 0.717) is 23.5 Å². The number of anilines is 1. The summed E-state index contributed by atoms with van der Waals surface area (Å²) in [4.78, 5) is 30.8. The van der Waals surface area contributed by atoms with E-state index in [4.69, 9.17) is 5.73 Å². The lowest BCUT2D eigenvalue weighted by atomic mass is 10.1. The van der Waals surface area contributed by atoms with Gasteiger partial charge in [-0.25, -0.2) is 4.98 Å². The Morgan fingerprint density at radius 2 is 1.77 bits per heavy atom. The summed E-state index contributed by atoms with van der Waals surface area (Å²) in [5, 5.41) is 5.21. The molecule has 3 N–H and O–H groups in total. The number of nitrogens with one attached hydrogen (secondary N) is 1. The first-order valence-corrected chi connectivity index (χ1v) is 9.40. The van der Waals surface area contributed by atoms with Crippen LogP contribution in [-0.2, 0) is 6.54 Å². The number of thiazole rings is 1. The molecule has 140 valence electrons. The molecule has 8 heteroatoms. The first kappa shape index (κ1) is 20.4. The van der Waals surface area contributed by atoms with Crippen molar-refractivity contribution < 1.29 is 9.59 Å². The predicted molar refractivity (Wildman–Crippen MR) is 106 cm³/mol. The van der Waals surface area contributed by atoms with Gasteiger partial charge in [0.05, 0.1) is 0 Å². The number of hydrogen-bond donors (Lipinski definition) is 2. The van der Waals surface area contributed by atoms with E-state index in [0.717, 1.165) is 30.9 Å². The zero-order valence-electron chi connectivity index (χ0n) is 14.4. The highest BCUT2D eigenvalue weighted by Gasteiger charge is 2.17. The number of hydrogen-bond acceptors (Lipinski definition) is 5. The molecule has 2 heterocycles. The molecule has 1 aliphatic rings. The number of rotatable bonds is 4. The van der Waals surface area contributed by atoms with Crippen molar-refractivity contribution in [3.8, 4) is 0 Å². The van der Waals surface area contributed by atoms with E-state index in [-0.39, 0.29) is 24.2 Å². The second-order valence-electron chi connectivity index (χ2n) is 6.07. The van der Waals surface area contributed by atoms with Gasteiger partial charge in [-0.05, 0) is 37.1 Å². The first-order valence-electron chi connectivity index (χ1n) is 8.52. The largest absolute Gasteiger partial charge is 0.339 e. The van der Waals surface area contributed by atoms with Gasteiger partial charge < -0.3 is 16.0 Å².